The second-order valence-electron chi connectivity index (χ2n) is 8.12. The molecule has 2 atom stereocenters. The number of carbonyl (C=O) groups excluding carboxylic acids is 1. The van der Waals surface area contributed by atoms with Crippen molar-refractivity contribution in [3.8, 4) is 0 Å². The maximum absolute atomic E-state index is 13.2. The molecule has 0 spiro atoms. The fourth-order valence-electron chi connectivity index (χ4n) is 4.60. The quantitative estimate of drug-likeness (QED) is 0.856. The monoisotopic (exact) mass is 400 g/mol. The van der Waals surface area contributed by atoms with Gasteiger partial charge >= 0.3 is 0 Å². The number of nitrogens with one attached hydrogen (secondary N) is 1. The first-order valence-electron chi connectivity index (χ1n) is 9.80. The van der Waals surface area contributed by atoms with E-state index in [2.05, 4.69) is 5.32 Å². The van der Waals surface area contributed by atoms with Gasteiger partial charge in [0, 0.05) is 23.0 Å². The lowest BCUT2D eigenvalue weighted by molar-refractivity contribution is 0.0665. The number of carbonyl (C=O) groups is 1. The number of aromatic nitrogens is 2. The average Bonchev–Trinajstić information content (AvgIpc) is 3.35. The Balaban J connectivity index is 1.58. The molecule has 0 bridgehead atoms. The second-order valence-corrected chi connectivity index (χ2v) is 10.4. The molecule has 0 radical (unpaired) electrons. The molecule has 148 valence electrons. The van der Waals surface area contributed by atoms with Crippen molar-refractivity contribution in [2.75, 3.05) is 16.8 Å². The van der Waals surface area contributed by atoms with Gasteiger partial charge in [0.15, 0.2) is 9.84 Å². The summed E-state index contributed by atoms with van der Waals surface area (Å²) < 4.78 is 25.8. The summed E-state index contributed by atoms with van der Waals surface area (Å²) in [4.78, 5) is 15.2. The van der Waals surface area contributed by atoms with E-state index in [-0.39, 0.29) is 35.7 Å². The predicted octanol–water partition coefficient (Wildman–Crippen LogP) is 2.59. The summed E-state index contributed by atoms with van der Waals surface area (Å²) >= 11 is 0. The molecule has 8 heteroatoms. The summed E-state index contributed by atoms with van der Waals surface area (Å²) in [6.45, 7) is 3.93. The van der Waals surface area contributed by atoms with Crippen molar-refractivity contribution < 1.29 is 13.2 Å². The number of hydrogen-bond donors (Lipinski definition) is 1. The smallest absolute Gasteiger partial charge is 0.258 e. The Labute approximate surface area is 164 Å². The van der Waals surface area contributed by atoms with Gasteiger partial charge in [0.25, 0.3) is 5.91 Å². The van der Waals surface area contributed by atoms with E-state index >= 15 is 0 Å². The molecule has 3 heterocycles. The van der Waals surface area contributed by atoms with Crippen LogP contribution in [-0.2, 0) is 9.84 Å². The third-order valence-electron chi connectivity index (χ3n) is 6.11. The van der Waals surface area contributed by atoms with Crippen LogP contribution in [0.15, 0.2) is 24.3 Å². The minimum atomic E-state index is -2.99. The molecule has 2 unspecified atom stereocenters. The maximum Gasteiger partial charge on any atom is 0.258 e. The van der Waals surface area contributed by atoms with Gasteiger partial charge in [-0.05, 0) is 45.2 Å². The molecule has 1 aliphatic carbocycles. The zero-order valence-corrected chi connectivity index (χ0v) is 16.9. The highest BCUT2D eigenvalue weighted by Crippen LogP contribution is 2.42. The van der Waals surface area contributed by atoms with E-state index in [4.69, 9.17) is 5.10 Å². The molecule has 2 aliphatic heterocycles. The second kappa shape index (κ2) is 6.07. The van der Waals surface area contributed by atoms with E-state index in [9.17, 15) is 13.2 Å². The van der Waals surface area contributed by atoms with Crippen molar-refractivity contribution in [3.63, 3.8) is 0 Å². The fourth-order valence-corrected chi connectivity index (χ4v) is 6.30. The van der Waals surface area contributed by atoms with Crippen molar-refractivity contribution >= 4 is 21.4 Å². The van der Waals surface area contributed by atoms with Crippen LogP contribution < -0.4 is 5.32 Å². The molecular weight excluding hydrogens is 376 g/mol. The van der Waals surface area contributed by atoms with Gasteiger partial charge in [0.1, 0.15) is 6.17 Å². The number of benzene rings is 1. The number of hydrogen-bond acceptors (Lipinski definition) is 5. The lowest BCUT2D eigenvalue weighted by Gasteiger charge is -2.38. The van der Waals surface area contributed by atoms with E-state index in [0.717, 1.165) is 35.5 Å². The standard InChI is InChI=1S/C20H24N4O3S/c1-12-18(13(2)24(22-12)15-9-10-28(26,27)11-15)19-21-17-6-4-3-5-16(17)20(25)23(19)14-7-8-14/h3-6,14-15,19,21H,7-11H2,1-2H3. The lowest BCUT2D eigenvalue weighted by atomic mass is 10.0. The highest BCUT2D eigenvalue weighted by Gasteiger charge is 2.44. The topological polar surface area (TPSA) is 84.3 Å². The number of rotatable bonds is 3. The van der Waals surface area contributed by atoms with Crippen molar-refractivity contribution in [2.45, 2.75) is 51.4 Å². The number of aryl methyl sites for hydroxylation is 1. The van der Waals surface area contributed by atoms with Gasteiger partial charge in [-0.2, -0.15) is 5.10 Å². The van der Waals surface area contributed by atoms with Crippen LogP contribution in [0.25, 0.3) is 0 Å². The molecule has 1 aromatic heterocycles. The van der Waals surface area contributed by atoms with Gasteiger partial charge < -0.3 is 10.2 Å². The van der Waals surface area contributed by atoms with Crippen molar-refractivity contribution in [1.82, 2.24) is 14.7 Å². The van der Waals surface area contributed by atoms with Crippen LogP contribution in [0, 0.1) is 13.8 Å². The number of anilines is 1. The number of fused-ring (bicyclic) bond motifs is 1. The zero-order valence-electron chi connectivity index (χ0n) is 16.1. The Morgan fingerprint density at radius 3 is 2.54 bits per heavy atom. The van der Waals surface area contributed by atoms with Crippen molar-refractivity contribution in [3.05, 3.63) is 46.8 Å². The van der Waals surface area contributed by atoms with Crippen LogP contribution in [-0.4, -0.2) is 46.6 Å². The summed E-state index contributed by atoms with van der Waals surface area (Å²) in [5.41, 5.74) is 4.31. The Hall–Kier alpha value is -2.35. The summed E-state index contributed by atoms with van der Waals surface area (Å²) in [6, 6.07) is 7.73. The van der Waals surface area contributed by atoms with Gasteiger partial charge in [0.05, 0.1) is 28.8 Å². The van der Waals surface area contributed by atoms with E-state index in [0.29, 0.717) is 12.0 Å². The minimum absolute atomic E-state index is 0.0526. The number of para-hydroxylation sites is 1. The molecule has 5 rings (SSSR count). The van der Waals surface area contributed by atoms with Crippen LogP contribution in [0.2, 0.25) is 0 Å². The Bertz CT molecular complexity index is 1070. The summed E-state index contributed by atoms with van der Waals surface area (Å²) in [6.07, 6.45) is 2.34. The molecule has 7 nitrogen and oxygen atoms in total. The van der Waals surface area contributed by atoms with Gasteiger partial charge in [-0.1, -0.05) is 12.1 Å². The molecule has 2 fully saturated rings. The SMILES string of the molecule is Cc1nn(C2CCS(=O)(=O)C2)c(C)c1C1Nc2ccccc2C(=O)N1C1CC1. The molecular formula is C20H24N4O3S. The van der Waals surface area contributed by atoms with Crippen LogP contribution in [0.1, 0.15) is 58.8 Å². The molecule has 1 amide bonds. The zero-order chi connectivity index (χ0) is 19.6. The Kier molecular flexibility index (Phi) is 3.84. The highest BCUT2D eigenvalue weighted by atomic mass is 32.2. The van der Waals surface area contributed by atoms with E-state index in [1.54, 1.807) is 0 Å². The number of amides is 1. The third kappa shape index (κ3) is 2.73. The first-order chi connectivity index (χ1) is 13.4. The van der Waals surface area contributed by atoms with Crippen LogP contribution in [0.3, 0.4) is 0 Å². The Morgan fingerprint density at radius 1 is 1.11 bits per heavy atom. The summed E-state index contributed by atoms with van der Waals surface area (Å²) in [5.74, 6) is 0.407. The van der Waals surface area contributed by atoms with Crippen LogP contribution >= 0.6 is 0 Å². The van der Waals surface area contributed by atoms with Crippen molar-refractivity contribution in [1.29, 1.82) is 0 Å². The summed E-state index contributed by atoms with van der Waals surface area (Å²) in [5, 5.41) is 8.25. The van der Waals surface area contributed by atoms with Crippen molar-refractivity contribution in [2.24, 2.45) is 0 Å². The van der Waals surface area contributed by atoms with Gasteiger partial charge in [0.2, 0.25) is 0 Å². The van der Waals surface area contributed by atoms with Crippen LogP contribution in [0.4, 0.5) is 5.69 Å². The predicted molar refractivity (Wildman–Crippen MR) is 106 cm³/mol. The van der Waals surface area contributed by atoms with Gasteiger partial charge in [-0.15, -0.1) is 0 Å². The van der Waals surface area contributed by atoms with Gasteiger partial charge in [-0.25, -0.2) is 8.42 Å². The highest BCUT2D eigenvalue weighted by molar-refractivity contribution is 7.91. The van der Waals surface area contributed by atoms with E-state index < -0.39 is 9.84 Å². The van der Waals surface area contributed by atoms with E-state index in [1.807, 2.05) is 47.7 Å². The third-order valence-corrected chi connectivity index (χ3v) is 7.86. The Morgan fingerprint density at radius 2 is 1.86 bits per heavy atom. The average molecular weight is 401 g/mol. The molecule has 1 aromatic carbocycles. The molecule has 1 N–H and O–H groups in total. The van der Waals surface area contributed by atoms with Gasteiger partial charge in [-0.3, -0.25) is 9.48 Å². The first-order valence-corrected chi connectivity index (χ1v) is 11.6. The molecule has 1 saturated carbocycles. The first kappa shape index (κ1) is 17.7. The van der Waals surface area contributed by atoms with Crippen LogP contribution in [0.5, 0.6) is 0 Å². The molecule has 2 aromatic rings. The number of nitrogens with zero attached hydrogens (tertiary/aromatic N) is 3. The molecule has 28 heavy (non-hydrogen) atoms. The minimum Gasteiger partial charge on any atom is -0.361 e. The molecule has 1 saturated heterocycles. The summed E-state index contributed by atoms with van der Waals surface area (Å²) in [7, 11) is -2.99. The maximum atomic E-state index is 13.2. The molecule has 3 aliphatic rings. The fraction of sp³-hybridized carbons (Fsp3) is 0.500. The number of sulfone groups is 1. The lowest BCUT2D eigenvalue weighted by Crippen LogP contribution is -2.44. The normalized spacial score (nSPS) is 26.2. The largest absolute Gasteiger partial charge is 0.361 e. The van der Waals surface area contributed by atoms with E-state index in [1.165, 1.54) is 0 Å².